The van der Waals surface area contributed by atoms with E-state index in [1.165, 1.54) is 19.3 Å². The second-order valence-corrected chi connectivity index (χ2v) is 4.92. The van der Waals surface area contributed by atoms with E-state index >= 15 is 0 Å². The molecule has 2 aromatic rings. The summed E-state index contributed by atoms with van der Waals surface area (Å²) in [5.74, 6) is -0.835. The van der Waals surface area contributed by atoms with Crippen LogP contribution in [0.4, 0.5) is 11.4 Å². The van der Waals surface area contributed by atoms with Crippen molar-refractivity contribution in [1.29, 1.82) is 0 Å². The quantitative estimate of drug-likeness (QED) is 0.784. The third kappa shape index (κ3) is 4.70. The topological polar surface area (TPSA) is 100 Å². The minimum absolute atomic E-state index is 0.147. The number of nitrogens with one attached hydrogen (secondary N) is 3. The molecule has 0 spiro atoms. The lowest BCUT2D eigenvalue weighted by Gasteiger charge is -2.10. The minimum Gasteiger partial charge on any atom is -0.459 e. The molecule has 7 heteroatoms. The summed E-state index contributed by atoms with van der Waals surface area (Å²) >= 11 is 0. The van der Waals surface area contributed by atoms with Crippen molar-refractivity contribution in [3.05, 3.63) is 47.9 Å². The summed E-state index contributed by atoms with van der Waals surface area (Å²) in [5.41, 5.74) is 2.08. The molecule has 0 aliphatic heterocycles. The van der Waals surface area contributed by atoms with E-state index in [9.17, 15) is 14.4 Å². The number of rotatable bonds is 5. The predicted molar refractivity (Wildman–Crippen MR) is 85.2 cm³/mol. The van der Waals surface area contributed by atoms with Gasteiger partial charge >= 0.3 is 0 Å². The molecule has 0 aliphatic carbocycles. The Morgan fingerprint density at radius 2 is 1.91 bits per heavy atom. The van der Waals surface area contributed by atoms with Crippen LogP contribution in [0.5, 0.6) is 0 Å². The van der Waals surface area contributed by atoms with Crippen LogP contribution in [-0.4, -0.2) is 24.3 Å². The van der Waals surface area contributed by atoms with Crippen molar-refractivity contribution in [3.63, 3.8) is 0 Å². The first-order chi connectivity index (χ1) is 11.0. The average Bonchev–Trinajstić information content (AvgIpc) is 3.01. The number of benzene rings is 1. The second kappa shape index (κ2) is 7.26. The van der Waals surface area contributed by atoms with E-state index in [2.05, 4.69) is 16.0 Å². The van der Waals surface area contributed by atoms with Crippen LogP contribution in [0.1, 0.15) is 23.0 Å². The third-order valence-electron chi connectivity index (χ3n) is 2.98. The average molecular weight is 315 g/mol. The van der Waals surface area contributed by atoms with Crippen molar-refractivity contribution < 1.29 is 18.8 Å². The molecular formula is C16H17N3O4. The van der Waals surface area contributed by atoms with Gasteiger partial charge in [0, 0.05) is 18.3 Å². The molecule has 0 atom stereocenters. The predicted octanol–water partition coefficient (Wildman–Crippen LogP) is 1.91. The van der Waals surface area contributed by atoms with Gasteiger partial charge in [0.15, 0.2) is 5.76 Å². The van der Waals surface area contributed by atoms with Crippen molar-refractivity contribution in [3.8, 4) is 0 Å². The highest BCUT2D eigenvalue weighted by Gasteiger charge is 2.10. The zero-order chi connectivity index (χ0) is 16.8. The maximum absolute atomic E-state index is 11.8. The summed E-state index contributed by atoms with van der Waals surface area (Å²) in [4.78, 5) is 34.5. The number of amides is 3. The fourth-order valence-corrected chi connectivity index (χ4v) is 1.93. The van der Waals surface area contributed by atoms with Gasteiger partial charge in [0.25, 0.3) is 5.91 Å². The molecular weight excluding hydrogens is 298 g/mol. The normalized spacial score (nSPS) is 10.0. The fourth-order valence-electron chi connectivity index (χ4n) is 1.93. The monoisotopic (exact) mass is 315 g/mol. The molecule has 1 heterocycles. The third-order valence-corrected chi connectivity index (χ3v) is 2.98. The molecule has 120 valence electrons. The van der Waals surface area contributed by atoms with Gasteiger partial charge in [-0.15, -0.1) is 0 Å². The Kier molecular flexibility index (Phi) is 5.14. The van der Waals surface area contributed by atoms with Crippen LogP contribution < -0.4 is 16.0 Å². The molecule has 0 saturated carbocycles. The van der Waals surface area contributed by atoms with Crippen LogP contribution in [0.25, 0.3) is 0 Å². The van der Waals surface area contributed by atoms with Gasteiger partial charge in [0.05, 0.1) is 12.8 Å². The molecule has 1 aromatic heterocycles. The number of hydrogen-bond donors (Lipinski definition) is 3. The molecule has 0 radical (unpaired) electrons. The van der Waals surface area contributed by atoms with Gasteiger partial charge in [-0.05, 0) is 42.8 Å². The number of hydrogen-bond acceptors (Lipinski definition) is 4. The van der Waals surface area contributed by atoms with E-state index in [-0.39, 0.29) is 24.1 Å². The van der Waals surface area contributed by atoms with Crippen LogP contribution in [0, 0.1) is 6.92 Å². The van der Waals surface area contributed by atoms with Crippen LogP contribution in [0.15, 0.2) is 41.0 Å². The maximum atomic E-state index is 11.8. The van der Waals surface area contributed by atoms with Gasteiger partial charge in [-0.2, -0.15) is 0 Å². The summed E-state index contributed by atoms with van der Waals surface area (Å²) in [6, 6.07) is 8.21. The first kappa shape index (κ1) is 16.3. The Morgan fingerprint density at radius 3 is 2.52 bits per heavy atom. The zero-order valence-electron chi connectivity index (χ0n) is 12.8. The number of carbonyl (C=O) groups excluding carboxylic acids is 3. The maximum Gasteiger partial charge on any atom is 0.287 e. The lowest BCUT2D eigenvalue weighted by atomic mass is 10.1. The Bertz CT molecular complexity index is 723. The van der Waals surface area contributed by atoms with Gasteiger partial charge < -0.3 is 20.4 Å². The molecule has 23 heavy (non-hydrogen) atoms. The first-order valence-corrected chi connectivity index (χ1v) is 6.95. The Morgan fingerprint density at radius 1 is 1.13 bits per heavy atom. The van der Waals surface area contributed by atoms with Gasteiger partial charge in [0.2, 0.25) is 11.8 Å². The summed E-state index contributed by atoms with van der Waals surface area (Å²) in [7, 11) is 0. The lowest BCUT2D eigenvalue weighted by Crippen LogP contribution is -2.32. The Hall–Kier alpha value is -3.09. The highest BCUT2D eigenvalue weighted by atomic mass is 16.3. The number of furan rings is 1. The molecule has 3 amide bonds. The second-order valence-electron chi connectivity index (χ2n) is 4.92. The van der Waals surface area contributed by atoms with E-state index in [1.807, 2.05) is 6.92 Å². The smallest absolute Gasteiger partial charge is 0.287 e. The largest absolute Gasteiger partial charge is 0.459 e. The molecule has 0 fully saturated rings. The van der Waals surface area contributed by atoms with Crippen molar-refractivity contribution in [2.45, 2.75) is 13.8 Å². The molecule has 0 saturated heterocycles. The van der Waals surface area contributed by atoms with E-state index in [0.717, 1.165) is 5.56 Å². The molecule has 2 rings (SSSR count). The highest BCUT2D eigenvalue weighted by molar-refractivity contribution is 5.98. The number of carbonyl (C=O) groups is 3. The van der Waals surface area contributed by atoms with Crippen LogP contribution in [0.2, 0.25) is 0 Å². The van der Waals surface area contributed by atoms with Crippen LogP contribution in [0.3, 0.4) is 0 Å². The van der Waals surface area contributed by atoms with Crippen molar-refractivity contribution in [2.24, 2.45) is 0 Å². The van der Waals surface area contributed by atoms with E-state index in [4.69, 9.17) is 4.42 Å². The summed E-state index contributed by atoms with van der Waals surface area (Å²) in [6.45, 7) is 3.07. The Labute approximate surface area is 133 Å². The van der Waals surface area contributed by atoms with E-state index < -0.39 is 5.91 Å². The SMILES string of the molecule is CC(=O)Nc1ccc(NC(=O)CNC(=O)c2ccco2)cc1C. The standard InChI is InChI=1S/C16H17N3O4/c1-10-8-12(5-6-13(10)18-11(2)20)19-15(21)9-17-16(22)14-4-3-7-23-14/h3-8H,9H2,1-2H3,(H,17,22)(H,18,20)(H,19,21). The highest BCUT2D eigenvalue weighted by Crippen LogP contribution is 2.19. The first-order valence-electron chi connectivity index (χ1n) is 6.95. The van der Waals surface area contributed by atoms with Gasteiger partial charge in [-0.1, -0.05) is 0 Å². The van der Waals surface area contributed by atoms with Gasteiger partial charge in [0.1, 0.15) is 0 Å². The zero-order valence-corrected chi connectivity index (χ0v) is 12.8. The molecule has 3 N–H and O–H groups in total. The lowest BCUT2D eigenvalue weighted by molar-refractivity contribution is -0.115. The number of aryl methyl sites for hydroxylation is 1. The summed E-state index contributed by atoms with van der Waals surface area (Å²) < 4.78 is 4.93. The fraction of sp³-hybridized carbons (Fsp3) is 0.188. The van der Waals surface area contributed by atoms with Crippen molar-refractivity contribution >= 4 is 29.1 Å². The summed E-state index contributed by atoms with van der Waals surface area (Å²) in [5, 5.41) is 7.81. The van der Waals surface area contributed by atoms with Gasteiger partial charge in [-0.25, -0.2) is 0 Å². The van der Waals surface area contributed by atoms with E-state index in [1.54, 1.807) is 24.3 Å². The van der Waals surface area contributed by atoms with Crippen LogP contribution >= 0.6 is 0 Å². The molecule has 0 unspecified atom stereocenters. The molecule has 0 aliphatic rings. The molecule has 0 bridgehead atoms. The van der Waals surface area contributed by atoms with Crippen molar-refractivity contribution in [2.75, 3.05) is 17.2 Å². The minimum atomic E-state index is -0.456. The molecule has 1 aromatic carbocycles. The van der Waals surface area contributed by atoms with E-state index in [0.29, 0.717) is 11.4 Å². The van der Waals surface area contributed by atoms with Crippen LogP contribution in [-0.2, 0) is 9.59 Å². The van der Waals surface area contributed by atoms with Crippen molar-refractivity contribution in [1.82, 2.24) is 5.32 Å². The Balaban J connectivity index is 1.89. The number of anilines is 2. The van der Waals surface area contributed by atoms with Gasteiger partial charge in [-0.3, -0.25) is 14.4 Å². The molecule has 7 nitrogen and oxygen atoms in total. The summed E-state index contributed by atoms with van der Waals surface area (Å²) in [6.07, 6.45) is 1.38.